The van der Waals surface area contributed by atoms with Crippen LogP contribution in [-0.2, 0) is 22.4 Å². The minimum atomic E-state index is -0.974. The molecular weight excluding hydrogens is 652 g/mol. The van der Waals surface area contributed by atoms with E-state index >= 15 is 0 Å². The molecule has 280 valence electrons. The number of anilines is 1. The molecule has 3 N–H and O–H groups in total. The molecule has 2 atom stereocenters. The summed E-state index contributed by atoms with van der Waals surface area (Å²) < 4.78 is 10.2. The van der Waals surface area contributed by atoms with E-state index in [-0.39, 0.29) is 35.6 Å². The molecule has 0 bridgehead atoms. The number of β-amino-alcohol motifs (C(OH)–C–C–N with tert-alkyl or cyclic N) is 1. The Morgan fingerprint density at radius 1 is 0.941 bits per heavy atom. The predicted octanol–water partition coefficient (Wildman–Crippen LogP) is 3.22. The summed E-state index contributed by atoms with van der Waals surface area (Å²) >= 11 is 0. The lowest BCUT2D eigenvalue weighted by Crippen LogP contribution is -2.60. The Balaban J connectivity index is 0.984. The summed E-state index contributed by atoms with van der Waals surface area (Å²) in [5.74, 6) is 0.261. The number of aliphatic hydroxyl groups excluding tert-OH is 1. The van der Waals surface area contributed by atoms with Crippen molar-refractivity contribution in [3.05, 3.63) is 53.5 Å². The second kappa shape index (κ2) is 16.7. The molecule has 0 radical (unpaired) electrons. The molecule has 2 fully saturated rings. The molecule has 1 aromatic carbocycles. The fraction of sp³-hybridized carbons (Fsp3) is 0.649. The summed E-state index contributed by atoms with van der Waals surface area (Å²) in [4.78, 5) is 54.9. The van der Waals surface area contributed by atoms with Crippen LogP contribution in [-0.4, -0.2) is 142 Å². The van der Waals surface area contributed by atoms with Gasteiger partial charge in [0.15, 0.2) is 0 Å². The van der Waals surface area contributed by atoms with Crippen molar-refractivity contribution in [3.8, 4) is 0 Å². The van der Waals surface area contributed by atoms with Crippen LogP contribution >= 0.6 is 0 Å². The maximum absolute atomic E-state index is 12.9. The standard InChI is InChI=1S/C37H56N8O6/c1-36(2,3)31-24-42(16-17-45(31)34(48)50-35(49)51-37(4,5)6)13-9-14-43-21-28(22-43)41-32-18-30(39-25-40-32)33(47)38-19-29(46)23-44-15-12-26-10-7-8-11-27(26)20-44/h7-8,10-11,18,25,28-29,31,46H,9,12-17,19-24H2,1-6H3,(H,38,47)(H,39,40,41)/t29?,31-/m0/s1. The SMILES string of the molecule is CC(C)(C)OC(=O)OC(=O)N1CCN(CCCN2CC(Nc3cc(C(=O)NCC(O)CN4CCc5ccccc5C4)ncn3)C2)C[C@H]1C(C)(C)C. The number of aromatic nitrogens is 2. The molecule has 3 aliphatic heterocycles. The number of piperazine rings is 1. The summed E-state index contributed by atoms with van der Waals surface area (Å²) in [6.07, 6.45) is 1.02. The molecule has 2 amide bonds. The van der Waals surface area contributed by atoms with Crippen molar-refractivity contribution < 1.29 is 29.0 Å². The van der Waals surface area contributed by atoms with Gasteiger partial charge in [-0.2, -0.15) is 0 Å². The second-order valence-corrected chi connectivity index (χ2v) is 16.1. The van der Waals surface area contributed by atoms with E-state index in [2.05, 4.69) is 74.3 Å². The van der Waals surface area contributed by atoms with Crippen LogP contribution in [0.1, 0.15) is 69.6 Å². The zero-order valence-electron chi connectivity index (χ0n) is 31.1. The highest BCUT2D eigenvalue weighted by molar-refractivity contribution is 5.92. The molecule has 51 heavy (non-hydrogen) atoms. The van der Waals surface area contributed by atoms with E-state index in [9.17, 15) is 19.5 Å². The number of nitrogens with zero attached hydrogens (tertiary/aromatic N) is 6. The van der Waals surface area contributed by atoms with Crippen LogP contribution in [0, 0.1) is 5.41 Å². The van der Waals surface area contributed by atoms with Gasteiger partial charge in [0, 0.05) is 65.0 Å². The highest BCUT2D eigenvalue weighted by Crippen LogP contribution is 2.29. The molecule has 4 heterocycles. The van der Waals surface area contributed by atoms with Crippen molar-refractivity contribution in [1.82, 2.24) is 34.9 Å². The number of rotatable bonds is 11. The van der Waals surface area contributed by atoms with Gasteiger partial charge in [0.05, 0.1) is 18.2 Å². The van der Waals surface area contributed by atoms with E-state index in [1.54, 1.807) is 31.7 Å². The minimum absolute atomic E-state index is 0.109. The first kappa shape index (κ1) is 38.4. The average Bonchev–Trinajstić information content (AvgIpc) is 3.04. The summed E-state index contributed by atoms with van der Waals surface area (Å²) in [7, 11) is 0. The lowest BCUT2D eigenvalue weighted by molar-refractivity contribution is -0.0168. The molecular formula is C37H56N8O6. The lowest BCUT2D eigenvalue weighted by atomic mass is 9.84. The van der Waals surface area contributed by atoms with E-state index in [1.165, 1.54) is 17.5 Å². The summed E-state index contributed by atoms with van der Waals surface area (Å²) in [6.45, 7) is 19.3. The smallest absolute Gasteiger partial charge is 0.428 e. The van der Waals surface area contributed by atoms with Gasteiger partial charge in [0.2, 0.25) is 0 Å². The van der Waals surface area contributed by atoms with Gasteiger partial charge in [-0.05, 0) is 63.2 Å². The van der Waals surface area contributed by atoms with E-state index in [0.29, 0.717) is 32.0 Å². The fourth-order valence-corrected chi connectivity index (χ4v) is 6.91. The zero-order valence-corrected chi connectivity index (χ0v) is 31.1. The Labute approximate surface area is 301 Å². The first-order valence-electron chi connectivity index (χ1n) is 18.1. The summed E-state index contributed by atoms with van der Waals surface area (Å²) in [5.41, 5.74) is 1.97. The molecule has 14 heteroatoms. The molecule has 14 nitrogen and oxygen atoms in total. The van der Waals surface area contributed by atoms with Crippen molar-refractivity contribution in [2.75, 3.05) is 70.8 Å². The highest BCUT2D eigenvalue weighted by atomic mass is 16.8. The third-order valence-corrected chi connectivity index (χ3v) is 9.59. The van der Waals surface area contributed by atoms with Crippen LogP contribution in [0.4, 0.5) is 15.4 Å². The van der Waals surface area contributed by atoms with Gasteiger partial charge < -0.3 is 30.1 Å². The van der Waals surface area contributed by atoms with Gasteiger partial charge in [-0.3, -0.25) is 19.5 Å². The molecule has 1 aromatic heterocycles. The third-order valence-electron chi connectivity index (χ3n) is 9.59. The van der Waals surface area contributed by atoms with Gasteiger partial charge >= 0.3 is 12.2 Å². The normalized spacial score (nSPS) is 19.8. The molecule has 5 rings (SSSR count). The molecule has 0 aliphatic carbocycles. The van der Waals surface area contributed by atoms with Crippen molar-refractivity contribution in [1.29, 1.82) is 0 Å². The van der Waals surface area contributed by atoms with Crippen LogP contribution in [0.5, 0.6) is 0 Å². The van der Waals surface area contributed by atoms with E-state index in [4.69, 9.17) is 9.47 Å². The molecule has 0 saturated carbocycles. The molecule has 0 spiro atoms. The Bertz CT molecular complexity index is 1500. The Morgan fingerprint density at radius 3 is 2.39 bits per heavy atom. The third kappa shape index (κ3) is 11.3. The maximum Gasteiger partial charge on any atom is 0.517 e. The van der Waals surface area contributed by atoms with Gasteiger partial charge in [-0.25, -0.2) is 19.6 Å². The van der Waals surface area contributed by atoms with Crippen LogP contribution in [0.15, 0.2) is 36.7 Å². The predicted molar refractivity (Wildman–Crippen MR) is 193 cm³/mol. The maximum atomic E-state index is 12.9. The monoisotopic (exact) mass is 708 g/mol. The fourth-order valence-electron chi connectivity index (χ4n) is 6.91. The Hall–Kier alpha value is -3.85. The van der Waals surface area contributed by atoms with Crippen molar-refractivity contribution in [2.24, 2.45) is 5.41 Å². The van der Waals surface area contributed by atoms with Gasteiger partial charge in [-0.15, -0.1) is 0 Å². The zero-order chi connectivity index (χ0) is 36.8. The quantitative estimate of drug-likeness (QED) is 0.232. The molecule has 2 aromatic rings. The number of hydrogen-bond acceptors (Lipinski definition) is 12. The second-order valence-electron chi connectivity index (χ2n) is 16.1. The van der Waals surface area contributed by atoms with Gasteiger partial charge in [0.1, 0.15) is 23.4 Å². The number of nitrogens with one attached hydrogen (secondary N) is 2. The number of likely N-dealkylation sites (tertiary alicyclic amines) is 1. The number of amides is 2. The molecule has 1 unspecified atom stereocenters. The number of carbonyl (C=O) groups is 3. The van der Waals surface area contributed by atoms with Crippen molar-refractivity contribution in [2.45, 2.75) is 84.7 Å². The van der Waals surface area contributed by atoms with Crippen LogP contribution in [0.2, 0.25) is 0 Å². The van der Waals surface area contributed by atoms with Crippen LogP contribution < -0.4 is 10.6 Å². The average molecular weight is 709 g/mol. The van der Waals surface area contributed by atoms with Crippen molar-refractivity contribution >= 4 is 24.0 Å². The number of aliphatic hydroxyl groups is 1. The van der Waals surface area contributed by atoms with Crippen LogP contribution in [0.3, 0.4) is 0 Å². The Kier molecular flexibility index (Phi) is 12.5. The summed E-state index contributed by atoms with van der Waals surface area (Å²) in [6, 6.07) is 10.2. The topological polar surface area (TPSA) is 153 Å². The van der Waals surface area contributed by atoms with Crippen molar-refractivity contribution in [3.63, 3.8) is 0 Å². The van der Waals surface area contributed by atoms with E-state index < -0.39 is 24.0 Å². The lowest BCUT2D eigenvalue weighted by Gasteiger charge is -2.46. The first-order chi connectivity index (χ1) is 24.1. The highest BCUT2D eigenvalue weighted by Gasteiger charge is 2.40. The number of carbonyl (C=O) groups excluding carboxylic acids is 3. The number of fused-ring (bicyclic) bond motifs is 1. The number of hydrogen-bond donors (Lipinski definition) is 3. The largest absolute Gasteiger partial charge is 0.517 e. The molecule has 3 aliphatic rings. The molecule has 2 saturated heterocycles. The minimum Gasteiger partial charge on any atom is -0.428 e. The van der Waals surface area contributed by atoms with E-state index in [0.717, 1.165) is 52.1 Å². The number of benzene rings is 1. The van der Waals surface area contributed by atoms with Crippen LogP contribution in [0.25, 0.3) is 0 Å². The van der Waals surface area contributed by atoms with Gasteiger partial charge in [-0.1, -0.05) is 45.0 Å². The van der Waals surface area contributed by atoms with E-state index in [1.807, 2.05) is 6.07 Å². The van der Waals surface area contributed by atoms with Gasteiger partial charge in [0.25, 0.3) is 5.91 Å². The first-order valence-corrected chi connectivity index (χ1v) is 18.1. The summed E-state index contributed by atoms with van der Waals surface area (Å²) in [5, 5.41) is 16.8. The number of ether oxygens (including phenoxy) is 2. The Morgan fingerprint density at radius 2 is 1.67 bits per heavy atom.